The molecule has 1 fully saturated rings. The lowest BCUT2D eigenvalue weighted by Gasteiger charge is -2.09. The standard InChI is InChI=1S/C9H14ClNO3/c10-8(12)3-4-9(13)11-6-7-2-1-5-14-7/h7H,1-6H2,(H,11,13). The number of nitrogens with one attached hydrogen (secondary N) is 1. The second kappa shape index (κ2) is 5.98. The third kappa shape index (κ3) is 4.58. The molecule has 80 valence electrons. The van der Waals surface area contributed by atoms with Gasteiger partial charge < -0.3 is 10.1 Å². The van der Waals surface area contributed by atoms with Gasteiger partial charge in [0.1, 0.15) is 0 Å². The predicted octanol–water partition coefficient (Wildman–Crippen LogP) is 0.827. The van der Waals surface area contributed by atoms with E-state index in [1.165, 1.54) is 0 Å². The van der Waals surface area contributed by atoms with Crippen LogP contribution < -0.4 is 5.32 Å². The Hall–Kier alpha value is -0.610. The quantitative estimate of drug-likeness (QED) is 0.697. The third-order valence-electron chi connectivity index (χ3n) is 2.10. The van der Waals surface area contributed by atoms with Crippen LogP contribution in [0.15, 0.2) is 0 Å². The topological polar surface area (TPSA) is 55.4 Å². The van der Waals surface area contributed by atoms with Crippen LogP contribution in [-0.4, -0.2) is 30.4 Å². The lowest BCUT2D eigenvalue weighted by molar-refractivity contribution is -0.123. The Labute approximate surface area is 87.9 Å². The van der Waals surface area contributed by atoms with E-state index >= 15 is 0 Å². The largest absolute Gasteiger partial charge is 0.376 e. The van der Waals surface area contributed by atoms with Crippen molar-refractivity contribution < 1.29 is 14.3 Å². The lowest BCUT2D eigenvalue weighted by Crippen LogP contribution is -2.31. The Balaban J connectivity index is 2.05. The van der Waals surface area contributed by atoms with Gasteiger partial charge in [-0.2, -0.15) is 0 Å². The maximum atomic E-state index is 11.1. The van der Waals surface area contributed by atoms with E-state index in [2.05, 4.69) is 5.32 Å². The van der Waals surface area contributed by atoms with Gasteiger partial charge in [0.2, 0.25) is 11.1 Å². The number of carbonyl (C=O) groups is 2. The summed E-state index contributed by atoms with van der Waals surface area (Å²) < 4.78 is 5.32. The van der Waals surface area contributed by atoms with Crippen molar-refractivity contribution in [3.05, 3.63) is 0 Å². The van der Waals surface area contributed by atoms with Gasteiger partial charge in [-0.05, 0) is 24.4 Å². The van der Waals surface area contributed by atoms with Gasteiger partial charge in [0.05, 0.1) is 6.10 Å². The molecule has 1 rings (SSSR count). The summed E-state index contributed by atoms with van der Waals surface area (Å²) in [5.41, 5.74) is 0. The van der Waals surface area contributed by atoms with E-state index in [0.29, 0.717) is 6.54 Å². The van der Waals surface area contributed by atoms with Crippen LogP contribution in [0.3, 0.4) is 0 Å². The van der Waals surface area contributed by atoms with E-state index in [4.69, 9.17) is 16.3 Å². The predicted molar refractivity (Wildman–Crippen MR) is 52.1 cm³/mol. The van der Waals surface area contributed by atoms with Crippen molar-refractivity contribution in [2.24, 2.45) is 0 Å². The number of rotatable bonds is 5. The zero-order valence-corrected chi connectivity index (χ0v) is 8.68. The van der Waals surface area contributed by atoms with E-state index in [1.807, 2.05) is 0 Å². The van der Waals surface area contributed by atoms with E-state index < -0.39 is 5.24 Å². The molecule has 0 aliphatic carbocycles. The molecule has 14 heavy (non-hydrogen) atoms. The Morgan fingerprint density at radius 3 is 2.79 bits per heavy atom. The fourth-order valence-corrected chi connectivity index (χ4v) is 1.43. The summed E-state index contributed by atoms with van der Waals surface area (Å²) in [7, 11) is 0. The zero-order valence-electron chi connectivity index (χ0n) is 7.92. The first-order valence-electron chi connectivity index (χ1n) is 4.75. The first kappa shape index (κ1) is 11.5. The number of halogens is 1. The van der Waals surface area contributed by atoms with Crippen molar-refractivity contribution >= 4 is 22.8 Å². The van der Waals surface area contributed by atoms with Crippen molar-refractivity contribution in [2.45, 2.75) is 31.8 Å². The van der Waals surface area contributed by atoms with Gasteiger partial charge in [-0.15, -0.1) is 0 Å². The monoisotopic (exact) mass is 219 g/mol. The van der Waals surface area contributed by atoms with E-state index in [9.17, 15) is 9.59 Å². The van der Waals surface area contributed by atoms with Crippen LogP contribution in [-0.2, 0) is 14.3 Å². The number of carbonyl (C=O) groups excluding carboxylic acids is 2. The molecule has 4 nitrogen and oxygen atoms in total. The molecule has 1 N–H and O–H groups in total. The van der Waals surface area contributed by atoms with Crippen LogP contribution in [0.2, 0.25) is 0 Å². The summed E-state index contributed by atoms with van der Waals surface area (Å²) in [6.45, 7) is 1.32. The SMILES string of the molecule is O=C(Cl)CCC(=O)NCC1CCCO1. The zero-order chi connectivity index (χ0) is 10.4. The van der Waals surface area contributed by atoms with Crippen LogP contribution in [0, 0.1) is 0 Å². The highest BCUT2D eigenvalue weighted by Gasteiger charge is 2.16. The highest BCUT2D eigenvalue weighted by molar-refractivity contribution is 6.63. The van der Waals surface area contributed by atoms with Gasteiger partial charge in [0, 0.05) is 26.0 Å². The normalized spacial score (nSPS) is 20.8. The van der Waals surface area contributed by atoms with Gasteiger partial charge in [-0.3, -0.25) is 9.59 Å². The van der Waals surface area contributed by atoms with Crippen LogP contribution in [0.25, 0.3) is 0 Å². The Kier molecular flexibility index (Phi) is 4.90. The van der Waals surface area contributed by atoms with Crippen molar-refractivity contribution in [1.82, 2.24) is 5.32 Å². The smallest absolute Gasteiger partial charge is 0.222 e. The summed E-state index contributed by atoms with van der Waals surface area (Å²) in [5, 5.41) is 2.23. The van der Waals surface area contributed by atoms with Crippen molar-refractivity contribution in [3.63, 3.8) is 0 Å². The molecule has 0 aromatic rings. The molecule has 1 unspecified atom stereocenters. The Bertz CT molecular complexity index is 214. The average molecular weight is 220 g/mol. The van der Waals surface area contributed by atoms with E-state index in [-0.39, 0.29) is 24.9 Å². The lowest BCUT2D eigenvalue weighted by atomic mass is 10.2. The molecular weight excluding hydrogens is 206 g/mol. The Morgan fingerprint density at radius 2 is 2.21 bits per heavy atom. The summed E-state index contributed by atoms with van der Waals surface area (Å²) >= 11 is 5.11. The third-order valence-corrected chi connectivity index (χ3v) is 2.29. The molecule has 0 bridgehead atoms. The van der Waals surface area contributed by atoms with Crippen LogP contribution in [0.1, 0.15) is 25.7 Å². The average Bonchev–Trinajstić information content (AvgIpc) is 2.63. The molecule has 0 spiro atoms. The second-order valence-corrected chi connectivity index (χ2v) is 3.72. The van der Waals surface area contributed by atoms with Crippen molar-refractivity contribution in [2.75, 3.05) is 13.2 Å². The minimum atomic E-state index is -0.475. The van der Waals surface area contributed by atoms with E-state index in [0.717, 1.165) is 19.4 Å². The molecule has 0 aromatic heterocycles. The fourth-order valence-electron chi connectivity index (χ4n) is 1.33. The first-order valence-corrected chi connectivity index (χ1v) is 5.13. The van der Waals surface area contributed by atoms with Crippen LogP contribution in [0.5, 0.6) is 0 Å². The molecule has 1 aliphatic heterocycles. The van der Waals surface area contributed by atoms with Crippen molar-refractivity contribution in [3.8, 4) is 0 Å². The maximum absolute atomic E-state index is 11.1. The number of amides is 1. The fraction of sp³-hybridized carbons (Fsp3) is 0.778. The molecule has 1 aliphatic rings. The highest BCUT2D eigenvalue weighted by atomic mass is 35.5. The summed E-state index contributed by atoms with van der Waals surface area (Å²) in [5.74, 6) is -0.144. The second-order valence-electron chi connectivity index (χ2n) is 3.29. The molecule has 1 heterocycles. The van der Waals surface area contributed by atoms with Gasteiger partial charge in [0.25, 0.3) is 0 Å². The summed E-state index contributed by atoms with van der Waals surface area (Å²) in [4.78, 5) is 21.5. The molecule has 5 heteroatoms. The van der Waals surface area contributed by atoms with Crippen molar-refractivity contribution in [1.29, 1.82) is 0 Å². The minimum Gasteiger partial charge on any atom is -0.376 e. The van der Waals surface area contributed by atoms with Gasteiger partial charge >= 0.3 is 0 Å². The first-order chi connectivity index (χ1) is 6.68. The number of ether oxygens (including phenoxy) is 1. The molecular formula is C9H14ClNO3. The van der Waals surface area contributed by atoms with E-state index in [1.54, 1.807) is 0 Å². The molecule has 1 saturated heterocycles. The van der Waals surface area contributed by atoms with Crippen LogP contribution in [0.4, 0.5) is 0 Å². The maximum Gasteiger partial charge on any atom is 0.222 e. The molecule has 0 saturated carbocycles. The number of hydrogen-bond donors (Lipinski definition) is 1. The molecule has 0 aromatic carbocycles. The summed E-state index contributed by atoms with van der Waals surface area (Å²) in [6.07, 6.45) is 2.45. The molecule has 0 radical (unpaired) electrons. The van der Waals surface area contributed by atoms with Gasteiger partial charge in [-0.1, -0.05) is 0 Å². The van der Waals surface area contributed by atoms with Gasteiger partial charge in [-0.25, -0.2) is 0 Å². The molecule has 1 atom stereocenters. The van der Waals surface area contributed by atoms with Gasteiger partial charge in [0.15, 0.2) is 0 Å². The highest BCUT2D eigenvalue weighted by Crippen LogP contribution is 2.10. The minimum absolute atomic E-state index is 0.0961. The summed E-state index contributed by atoms with van der Waals surface area (Å²) in [6, 6.07) is 0. The number of hydrogen-bond acceptors (Lipinski definition) is 3. The van der Waals surface area contributed by atoms with Crippen LogP contribution >= 0.6 is 11.6 Å². The molecule has 1 amide bonds. The Morgan fingerprint density at radius 1 is 1.43 bits per heavy atom.